The summed E-state index contributed by atoms with van der Waals surface area (Å²) in [6.45, 7) is 0.664. The predicted octanol–water partition coefficient (Wildman–Crippen LogP) is 2.04. The SMILES string of the molecule is COC1(N(C)c2nc(OS(=O)(=O)C(F)(F)F)ccc2F)CCOCC1. The average Bonchev–Trinajstić information content (AvgIpc) is 2.55. The lowest BCUT2D eigenvalue weighted by atomic mass is 10.0. The van der Waals surface area contributed by atoms with Gasteiger partial charge in [-0.05, 0) is 6.07 Å². The summed E-state index contributed by atoms with van der Waals surface area (Å²) in [7, 11) is -3.08. The van der Waals surface area contributed by atoms with Crippen LogP contribution in [0.15, 0.2) is 12.1 Å². The number of nitrogens with zero attached hydrogens (tertiary/aromatic N) is 2. The molecule has 2 heterocycles. The minimum absolute atomic E-state index is 0.332. The summed E-state index contributed by atoms with van der Waals surface area (Å²) in [6, 6.07) is 1.46. The third-order valence-electron chi connectivity index (χ3n) is 3.86. The molecule has 142 valence electrons. The van der Waals surface area contributed by atoms with Crippen molar-refractivity contribution in [2.75, 3.05) is 32.3 Å². The van der Waals surface area contributed by atoms with Crippen molar-refractivity contribution in [3.63, 3.8) is 0 Å². The molecular formula is C13H16F4N2O5S. The first-order valence-corrected chi connectivity index (χ1v) is 8.47. The molecule has 1 aliphatic heterocycles. The molecule has 2 rings (SSSR count). The van der Waals surface area contributed by atoms with Gasteiger partial charge in [0.05, 0.1) is 13.2 Å². The molecular weight excluding hydrogens is 372 g/mol. The van der Waals surface area contributed by atoms with Crippen LogP contribution >= 0.6 is 0 Å². The molecule has 0 spiro atoms. The molecule has 0 saturated carbocycles. The summed E-state index contributed by atoms with van der Waals surface area (Å²) < 4.78 is 88.1. The van der Waals surface area contributed by atoms with E-state index in [9.17, 15) is 26.0 Å². The zero-order valence-electron chi connectivity index (χ0n) is 13.3. The van der Waals surface area contributed by atoms with Gasteiger partial charge in [-0.3, -0.25) is 0 Å². The second-order valence-corrected chi connectivity index (χ2v) is 6.80. The molecule has 0 atom stereocenters. The molecule has 25 heavy (non-hydrogen) atoms. The van der Waals surface area contributed by atoms with Crippen LogP contribution < -0.4 is 9.08 Å². The summed E-state index contributed by atoms with van der Waals surface area (Å²) in [5.41, 5.74) is -6.61. The molecule has 1 saturated heterocycles. The Labute approximate surface area is 141 Å². The Morgan fingerprint density at radius 2 is 1.88 bits per heavy atom. The third-order valence-corrected chi connectivity index (χ3v) is 4.82. The standard InChI is InChI=1S/C13H16F4N2O5S/c1-19(12(22-2)5-7-23-8-6-12)11-9(14)3-4-10(18-11)24-25(20,21)13(15,16)17/h3-4H,5-8H2,1-2H3. The molecule has 12 heteroatoms. The maximum Gasteiger partial charge on any atom is 0.534 e. The highest BCUT2D eigenvalue weighted by atomic mass is 32.2. The van der Waals surface area contributed by atoms with E-state index < -0.39 is 38.9 Å². The summed E-state index contributed by atoms with van der Waals surface area (Å²) in [5.74, 6) is -2.18. The molecule has 0 unspecified atom stereocenters. The van der Waals surface area contributed by atoms with E-state index in [2.05, 4.69) is 9.17 Å². The third kappa shape index (κ3) is 3.96. The van der Waals surface area contributed by atoms with Gasteiger partial charge in [-0.2, -0.15) is 26.6 Å². The topological polar surface area (TPSA) is 78.0 Å². The van der Waals surface area contributed by atoms with Crippen molar-refractivity contribution < 1.29 is 39.6 Å². The number of anilines is 1. The van der Waals surface area contributed by atoms with E-state index in [0.717, 1.165) is 6.07 Å². The van der Waals surface area contributed by atoms with Crippen LogP contribution in [-0.4, -0.2) is 52.0 Å². The van der Waals surface area contributed by atoms with Crippen molar-refractivity contribution in [3.8, 4) is 5.88 Å². The molecule has 7 nitrogen and oxygen atoms in total. The number of pyridine rings is 1. The number of halogens is 4. The summed E-state index contributed by atoms with van der Waals surface area (Å²) in [4.78, 5) is 4.86. The average molecular weight is 388 g/mol. The Bertz CT molecular complexity index is 720. The van der Waals surface area contributed by atoms with E-state index in [1.54, 1.807) is 0 Å². The van der Waals surface area contributed by atoms with Crippen molar-refractivity contribution in [2.24, 2.45) is 0 Å². The fourth-order valence-electron chi connectivity index (χ4n) is 2.42. The molecule has 1 fully saturated rings. The van der Waals surface area contributed by atoms with Crippen LogP contribution in [-0.2, 0) is 19.6 Å². The zero-order chi connectivity index (χ0) is 18.9. The number of hydrogen-bond donors (Lipinski definition) is 0. The second-order valence-electron chi connectivity index (χ2n) is 5.26. The Morgan fingerprint density at radius 3 is 2.40 bits per heavy atom. The van der Waals surface area contributed by atoms with Crippen LogP contribution in [0.5, 0.6) is 5.88 Å². The van der Waals surface area contributed by atoms with Crippen molar-refractivity contribution in [3.05, 3.63) is 17.9 Å². The van der Waals surface area contributed by atoms with E-state index in [0.29, 0.717) is 32.1 Å². The van der Waals surface area contributed by atoms with Crippen molar-refractivity contribution >= 4 is 15.9 Å². The smallest absolute Gasteiger partial charge is 0.381 e. The Balaban J connectivity index is 2.36. The first-order valence-electron chi connectivity index (χ1n) is 7.06. The van der Waals surface area contributed by atoms with Crippen LogP contribution in [0.4, 0.5) is 23.4 Å². The molecule has 0 aromatic carbocycles. The summed E-state index contributed by atoms with van der Waals surface area (Å²) >= 11 is 0. The second kappa shape index (κ2) is 6.92. The lowest BCUT2D eigenvalue weighted by Gasteiger charge is -2.43. The number of rotatable bonds is 5. The molecule has 1 aromatic rings. The van der Waals surface area contributed by atoms with Gasteiger partial charge in [-0.1, -0.05) is 0 Å². The lowest BCUT2D eigenvalue weighted by molar-refractivity contribution is -0.0885. The maximum absolute atomic E-state index is 14.1. The van der Waals surface area contributed by atoms with Crippen molar-refractivity contribution in [1.29, 1.82) is 0 Å². The summed E-state index contributed by atoms with van der Waals surface area (Å²) in [5, 5.41) is 0. The minimum atomic E-state index is -5.91. The predicted molar refractivity (Wildman–Crippen MR) is 78.0 cm³/mol. The van der Waals surface area contributed by atoms with Crippen LogP contribution in [0, 0.1) is 5.82 Å². The normalized spacial score (nSPS) is 18.0. The van der Waals surface area contributed by atoms with Gasteiger partial charge in [0.15, 0.2) is 11.6 Å². The number of methoxy groups -OCH3 is 1. The Morgan fingerprint density at radius 1 is 1.28 bits per heavy atom. The molecule has 0 bridgehead atoms. The van der Waals surface area contributed by atoms with Gasteiger partial charge in [0, 0.05) is 33.1 Å². The van der Waals surface area contributed by atoms with Gasteiger partial charge < -0.3 is 18.6 Å². The van der Waals surface area contributed by atoms with E-state index in [1.165, 1.54) is 19.1 Å². The molecule has 0 aliphatic carbocycles. The minimum Gasteiger partial charge on any atom is -0.381 e. The van der Waals surface area contributed by atoms with Gasteiger partial charge in [0.25, 0.3) is 0 Å². The van der Waals surface area contributed by atoms with E-state index >= 15 is 0 Å². The van der Waals surface area contributed by atoms with Gasteiger partial charge >= 0.3 is 15.6 Å². The molecule has 1 aromatic heterocycles. The Kier molecular flexibility index (Phi) is 5.44. The van der Waals surface area contributed by atoms with Crippen LogP contribution in [0.3, 0.4) is 0 Å². The first kappa shape index (κ1) is 19.7. The summed E-state index contributed by atoms with van der Waals surface area (Å²) in [6.07, 6.45) is 0.708. The molecule has 0 radical (unpaired) electrons. The maximum atomic E-state index is 14.1. The van der Waals surface area contributed by atoms with Crippen LogP contribution in [0.2, 0.25) is 0 Å². The number of alkyl halides is 3. The van der Waals surface area contributed by atoms with Crippen molar-refractivity contribution in [2.45, 2.75) is 24.1 Å². The first-order chi connectivity index (χ1) is 11.5. The Hall–Kier alpha value is -1.66. The van der Waals surface area contributed by atoms with Crippen molar-refractivity contribution in [1.82, 2.24) is 4.98 Å². The van der Waals surface area contributed by atoms with E-state index in [-0.39, 0.29) is 0 Å². The highest BCUT2D eigenvalue weighted by molar-refractivity contribution is 7.87. The number of ether oxygens (including phenoxy) is 2. The lowest BCUT2D eigenvalue weighted by Crippen LogP contribution is -2.52. The van der Waals surface area contributed by atoms with E-state index in [1.807, 2.05) is 0 Å². The van der Waals surface area contributed by atoms with Gasteiger partial charge in [0.2, 0.25) is 5.88 Å². The van der Waals surface area contributed by atoms with Gasteiger partial charge in [-0.25, -0.2) is 4.39 Å². The largest absolute Gasteiger partial charge is 0.534 e. The number of hydrogen-bond acceptors (Lipinski definition) is 7. The fraction of sp³-hybridized carbons (Fsp3) is 0.615. The molecule has 1 aliphatic rings. The van der Waals surface area contributed by atoms with Crippen LogP contribution in [0.25, 0.3) is 0 Å². The zero-order valence-corrected chi connectivity index (χ0v) is 14.2. The quantitative estimate of drug-likeness (QED) is 0.331. The van der Waals surface area contributed by atoms with Gasteiger partial charge in [0.1, 0.15) is 5.72 Å². The fourth-order valence-corrected chi connectivity index (χ4v) is 2.83. The highest BCUT2D eigenvalue weighted by Gasteiger charge is 2.49. The number of aromatic nitrogens is 1. The van der Waals surface area contributed by atoms with E-state index in [4.69, 9.17) is 9.47 Å². The monoisotopic (exact) mass is 388 g/mol. The van der Waals surface area contributed by atoms with Crippen LogP contribution in [0.1, 0.15) is 12.8 Å². The highest BCUT2D eigenvalue weighted by Crippen LogP contribution is 2.34. The molecule has 0 N–H and O–H groups in total. The molecule has 0 amide bonds. The van der Waals surface area contributed by atoms with Gasteiger partial charge in [-0.15, -0.1) is 0 Å².